The van der Waals surface area contributed by atoms with Gasteiger partial charge in [-0.15, -0.1) is 0 Å². The number of nitrogens with zero attached hydrogens (tertiary/aromatic N) is 3. The van der Waals surface area contributed by atoms with Crippen LogP contribution in [0.15, 0.2) is 41.3 Å². The average molecular weight is 265 g/mol. The van der Waals surface area contributed by atoms with Gasteiger partial charge in [-0.2, -0.15) is 18.2 Å². The van der Waals surface area contributed by atoms with E-state index in [9.17, 15) is 18.0 Å². The minimum Gasteiger partial charge on any atom is -0.251 e. The number of fused-ring (bicyclic) bond motifs is 3. The normalized spacial score (nSPS) is 12.2. The van der Waals surface area contributed by atoms with Crippen molar-refractivity contribution in [3.63, 3.8) is 0 Å². The molecule has 0 aliphatic heterocycles. The first-order chi connectivity index (χ1) is 8.97. The van der Waals surface area contributed by atoms with Gasteiger partial charge in [0.15, 0.2) is 5.65 Å². The molecule has 0 N–H and O–H groups in total. The smallest absolute Gasteiger partial charge is 0.251 e. The average Bonchev–Trinajstić information content (AvgIpc) is 2.37. The third kappa shape index (κ3) is 1.83. The molecular formula is C12H6F3N3O. The van der Waals surface area contributed by atoms with Crippen LogP contribution in [0, 0.1) is 0 Å². The molecule has 0 radical (unpaired) electrons. The van der Waals surface area contributed by atoms with E-state index < -0.39 is 17.7 Å². The summed E-state index contributed by atoms with van der Waals surface area (Å²) in [7, 11) is 0. The molecule has 1 aromatic carbocycles. The number of benzene rings is 1. The van der Waals surface area contributed by atoms with Gasteiger partial charge in [-0.1, -0.05) is 24.3 Å². The van der Waals surface area contributed by atoms with Crippen molar-refractivity contribution in [2.45, 2.75) is 6.18 Å². The van der Waals surface area contributed by atoms with E-state index in [1.807, 2.05) is 0 Å². The highest BCUT2D eigenvalue weighted by Gasteiger charge is 2.35. The van der Waals surface area contributed by atoms with Crippen LogP contribution in [-0.4, -0.2) is 14.4 Å². The molecule has 2 aromatic heterocycles. The molecule has 0 saturated heterocycles. The van der Waals surface area contributed by atoms with Gasteiger partial charge in [0.2, 0.25) is 5.82 Å². The lowest BCUT2D eigenvalue weighted by Gasteiger charge is -2.07. The zero-order chi connectivity index (χ0) is 13.6. The molecule has 0 aliphatic carbocycles. The third-order valence-electron chi connectivity index (χ3n) is 2.71. The SMILES string of the molecule is O=c1nc(C(F)(F)F)nc2c3ccccc3ccn12. The molecule has 96 valence electrons. The number of hydrogen-bond donors (Lipinski definition) is 0. The monoisotopic (exact) mass is 265 g/mol. The maximum Gasteiger partial charge on any atom is 0.451 e. The second-order valence-corrected chi connectivity index (χ2v) is 3.92. The van der Waals surface area contributed by atoms with E-state index in [-0.39, 0.29) is 5.65 Å². The summed E-state index contributed by atoms with van der Waals surface area (Å²) in [6, 6.07) is 8.39. The molecule has 0 bridgehead atoms. The van der Waals surface area contributed by atoms with Gasteiger partial charge >= 0.3 is 11.9 Å². The maximum atomic E-state index is 12.6. The van der Waals surface area contributed by atoms with Gasteiger partial charge in [-0.3, -0.25) is 4.40 Å². The van der Waals surface area contributed by atoms with Gasteiger partial charge < -0.3 is 0 Å². The van der Waals surface area contributed by atoms with Gasteiger partial charge in [0.05, 0.1) is 0 Å². The third-order valence-corrected chi connectivity index (χ3v) is 2.71. The molecule has 0 fully saturated rings. The predicted molar refractivity (Wildman–Crippen MR) is 61.8 cm³/mol. The maximum absolute atomic E-state index is 12.6. The van der Waals surface area contributed by atoms with Crippen molar-refractivity contribution in [1.29, 1.82) is 0 Å². The Kier molecular flexibility index (Phi) is 2.31. The van der Waals surface area contributed by atoms with Crippen molar-refractivity contribution in [2.75, 3.05) is 0 Å². The van der Waals surface area contributed by atoms with Crippen molar-refractivity contribution < 1.29 is 13.2 Å². The molecular weight excluding hydrogens is 259 g/mol. The Bertz CT molecular complexity index is 839. The van der Waals surface area contributed by atoms with E-state index in [1.54, 1.807) is 30.3 Å². The Hall–Kier alpha value is -2.44. The second-order valence-electron chi connectivity index (χ2n) is 3.92. The second kappa shape index (κ2) is 3.78. The van der Waals surface area contributed by atoms with Crippen LogP contribution in [0.2, 0.25) is 0 Å². The summed E-state index contributed by atoms with van der Waals surface area (Å²) in [6.45, 7) is 0. The molecule has 0 aliphatic rings. The highest BCUT2D eigenvalue weighted by molar-refractivity contribution is 5.93. The van der Waals surface area contributed by atoms with E-state index in [2.05, 4.69) is 9.97 Å². The van der Waals surface area contributed by atoms with Crippen molar-refractivity contribution >= 4 is 16.4 Å². The topological polar surface area (TPSA) is 47.3 Å². The number of hydrogen-bond acceptors (Lipinski definition) is 3. The number of halogens is 3. The summed E-state index contributed by atoms with van der Waals surface area (Å²) in [6.07, 6.45) is -3.38. The Morgan fingerprint density at radius 3 is 2.53 bits per heavy atom. The molecule has 0 amide bonds. The number of rotatable bonds is 0. The van der Waals surface area contributed by atoms with Crippen molar-refractivity contribution in [2.24, 2.45) is 0 Å². The van der Waals surface area contributed by atoms with E-state index in [0.717, 1.165) is 4.40 Å². The van der Waals surface area contributed by atoms with Crippen LogP contribution < -0.4 is 5.69 Å². The standard InChI is InChI=1S/C12H6F3N3O/c13-12(14,15)10-16-9-8-4-2-1-3-7(8)5-6-18(9)11(19)17-10/h1-6H. The van der Waals surface area contributed by atoms with Gasteiger partial charge in [-0.25, -0.2) is 9.78 Å². The Balaban J connectivity index is 2.51. The molecule has 7 heteroatoms. The Morgan fingerprint density at radius 2 is 1.79 bits per heavy atom. The van der Waals surface area contributed by atoms with Crippen LogP contribution >= 0.6 is 0 Å². The summed E-state index contributed by atoms with van der Waals surface area (Å²) in [4.78, 5) is 18.0. The van der Waals surface area contributed by atoms with Crippen LogP contribution in [0.25, 0.3) is 16.4 Å². The van der Waals surface area contributed by atoms with Gasteiger partial charge in [-0.05, 0) is 11.5 Å². The lowest BCUT2D eigenvalue weighted by Crippen LogP contribution is -2.24. The quantitative estimate of drug-likeness (QED) is 0.586. The van der Waals surface area contributed by atoms with Crippen molar-refractivity contribution in [3.05, 3.63) is 52.8 Å². The predicted octanol–water partition coefficient (Wildman–Crippen LogP) is 2.26. The molecule has 0 atom stereocenters. The summed E-state index contributed by atoms with van der Waals surface area (Å²) in [5, 5.41) is 1.17. The molecule has 4 nitrogen and oxygen atoms in total. The fraction of sp³-hybridized carbons (Fsp3) is 0.0833. The summed E-state index contributed by atoms with van der Waals surface area (Å²) in [5.41, 5.74) is -1.05. The molecule has 3 rings (SSSR count). The first kappa shape index (κ1) is 11.6. The highest BCUT2D eigenvalue weighted by atomic mass is 19.4. The van der Waals surface area contributed by atoms with Crippen LogP contribution in [0.3, 0.4) is 0 Å². The number of alkyl halides is 3. The molecule has 19 heavy (non-hydrogen) atoms. The minimum absolute atomic E-state index is 0.0505. The fourth-order valence-electron chi connectivity index (χ4n) is 1.87. The molecule has 0 saturated carbocycles. The lowest BCUT2D eigenvalue weighted by molar-refractivity contribution is -0.145. The summed E-state index contributed by atoms with van der Waals surface area (Å²) >= 11 is 0. The Labute approximate surface area is 104 Å². The van der Waals surface area contributed by atoms with Gasteiger partial charge in [0, 0.05) is 11.6 Å². The van der Waals surface area contributed by atoms with E-state index in [4.69, 9.17) is 0 Å². The lowest BCUT2D eigenvalue weighted by atomic mass is 10.2. The van der Waals surface area contributed by atoms with Gasteiger partial charge in [0.25, 0.3) is 0 Å². The molecule has 0 spiro atoms. The largest absolute Gasteiger partial charge is 0.451 e. The van der Waals surface area contributed by atoms with Crippen LogP contribution in [0.1, 0.15) is 5.82 Å². The minimum atomic E-state index is -4.75. The van der Waals surface area contributed by atoms with Gasteiger partial charge in [0.1, 0.15) is 0 Å². The van der Waals surface area contributed by atoms with Crippen molar-refractivity contribution in [1.82, 2.24) is 14.4 Å². The summed E-state index contributed by atoms with van der Waals surface area (Å²) < 4.78 is 38.9. The molecule has 3 aromatic rings. The number of aromatic nitrogens is 3. The van der Waals surface area contributed by atoms with E-state index in [1.165, 1.54) is 6.20 Å². The van der Waals surface area contributed by atoms with Crippen LogP contribution in [-0.2, 0) is 6.18 Å². The van der Waals surface area contributed by atoms with E-state index in [0.29, 0.717) is 10.8 Å². The van der Waals surface area contributed by atoms with Crippen LogP contribution in [0.4, 0.5) is 13.2 Å². The Morgan fingerprint density at radius 1 is 1.05 bits per heavy atom. The van der Waals surface area contributed by atoms with Crippen LogP contribution in [0.5, 0.6) is 0 Å². The molecule has 0 unspecified atom stereocenters. The first-order valence-electron chi connectivity index (χ1n) is 5.32. The zero-order valence-electron chi connectivity index (χ0n) is 9.35. The number of pyridine rings is 1. The van der Waals surface area contributed by atoms with E-state index >= 15 is 0 Å². The summed E-state index contributed by atoms with van der Waals surface area (Å²) in [5.74, 6) is -1.42. The zero-order valence-corrected chi connectivity index (χ0v) is 9.35. The highest BCUT2D eigenvalue weighted by Crippen LogP contribution is 2.26. The fourth-order valence-corrected chi connectivity index (χ4v) is 1.87. The molecule has 2 heterocycles. The van der Waals surface area contributed by atoms with Crippen molar-refractivity contribution in [3.8, 4) is 0 Å². The first-order valence-corrected chi connectivity index (χ1v) is 5.32.